The Morgan fingerprint density at radius 2 is 1.91 bits per heavy atom. The molecule has 33 heavy (non-hydrogen) atoms. The molecule has 0 spiro atoms. The van der Waals surface area contributed by atoms with Gasteiger partial charge in [-0.3, -0.25) is 24.6 Å². The summed E-state index contributed by atoms with van der Waals surface area (Å²) in [6.07, 6.45) is 1.41. The van der Waals surface area contributed by atoms with Gasteiger partial charge in [-0.15, -0.1) is 0 Å². The first-order valence-electron chi connectivity index (χ1n) is 9.25. The summed E-state index contributed by atoms with van der Waals surface area (Å²) < 4.78 is 5.70. The molecule has 2 heterocycles. The predicted octanol–water partition coefficient (Wildman–Crippen LogP) is 6.27. The maximum atomic E-state index is 12.8. The van der Waals surface area contributed by atoms with Crippen molar-refractivity contribution in [2.24, 2.45) is 0 Å². The average molecular weight is 500 g/mol. The molecule has 1 aromatic heterocycles. The highest BCUT2D eigenvalue weighted by molar-refractivity contribution is 8.18. The number of nitriles is 1. The third-order valence-corrected chi connectivity index (χ3v) is 6.26. The lowest BCUT2D eigenvalue weighted by Gasteiger charge is -2.13. The van der Waals surface area contributed by atoms with Crippen LogP contribution in [-0.4, -0.2) is 21.0 Å². The molecule has 2 amide bonds. The molecule has 1 fully saturated rings. The summed E-state index contributed by atoms with van der Waals surface area (Å²) in [7, 11) is 0. The van der Waals surface area contributed by atoms with Gasteiger partial charge in [0.05, 0.1) is 33.0 Å². The Bertz CT molecular complexity index is 1390. The molecule has 0 atom stereocenters. The number of furan rings is 1. The molecule has 2 aromatic carbocycles. The van der Waals surface area contributed by atoms with Crippen LogP contribution in [0.3, 0.4) is 0 Å². The van der Waals surface area contributed by atoms with Crippen LogP contribution in [-0.2, 0) is 11.3 Å². The van der Waals surface area contributed by atoms with Gasteiger partial charge >= 0.3 is 0 Å². The molecule has 0 bridgehead atoms. The minimum Gasteiger partial charge on any atom is -0.457 e. The van der Waals surface area contributed by atoms with Crippen molar-refractivity contribution in [3.8, 4) is 17.4 Å². The maximum Gasteiger partial charge on any atom is 0.293 e. The van der Waals surface area contributed by atoms with Crippen molar-refractivity contribution in [3.63, 3.8) is 0 Å². The number of nitrogens with zero attached hydrogens (tertiary/aromatic N) is 3. The Kier molecular flexibility index (Phi) is 6.24. The molecule has 0 aliphatic carbocycles. The lowest BCUT2D eigenvalue weighted by atomic mass is 10.1. The number of hydrogen-bond donors (Lipinski definition) is 0. The van der Waals surface area contributed by atoms with Crippen LogP contribution in [0.5, 0.6) is 0 Å². The van der Waals surface area contributed by atoms with E-state index in [0.29, 0.717) is 11.1 Å². The van der Waals surface area contributed by atoms with Gasteiger partial charge in [-0.25, -0.2) is 0 Å². The third kappa shape index (κ3) is 4.50. The fraction of sp³-hybridized carbons (Fsp3) is 0.0455. The summed E-state index contributed by atoms with van der Waals surface area (Å²) in [6, 6.07) is 14.3. The standard InChI is InChI=1S/C22H11Cl2N3O5S/c23-16-9-17(24)18(27(30)31)8-15(16)19-6-5-14(32-19)7-20-21(28)26(22(29)33-20)11-13-4-2-1-3-12(13)10-25/h1-9H,11H2/b20-7+. The molecule has 11 heteroatoms. The summed E-state index contributed by atoms with van der Waals surface area (Å²) in [5, 5.41) is 20.0. The molecule has 4 rings (SSSR count). The minimum absolute atomic E-state index is 0.0286. The van der Waals surface area contributed by atoms with E-state index in [2.05, 4.69) is 0 Å². The second kappa shape index (κ2) is 9.11. The van der Waals surface area contributed by atoms with Crippen LogP contribution in [0.4, 0.5) is 10.5 Å². The molecule has 1 aliphatic heterocycles. The molecule has 1 saturated heterocycles. The molecule has 8 nitrogen and oxygen atoms in total. The monoisotopic (exact) mass is 499 g/mol. The summed E-state index contributed by atoms with van der Waals surface area (Å²) in [4.78, 5) is 36.9. The average Bonchev–Trinajstić information content (AvgIpc) is 3.34. The van der Waals surface area contributed by atoms with Gasteiger partial charge in [0.1, 0.15) is 16.5 Å². The summed E-state index contributed by atoms with van der Waals surface area (Å²) in [5.74, 6) is -0.0364. The second-order valence-corrected chi connectivity index (χ2v) is 8.59. The Balaban J connectivity index is 1.60. The number of amides is 2. The van der Waals surface area contributed by atoms with Crippen LogP contribution in [0, 0.1) is 21.4 Å². The molecule has 164 valence electrons. The van der Waals surface area contributed by atoms with Crippen LogP contribution in [0.15, 0.2) is 57.9 Å². The number of imide groups is 1. The van der Waals surface area contributed by atoms with Crippen molar-refractivity contribution in [1.29, 1.82) is 5.26 Å². The SMILES string of the molecule is N#Cc1ccccc1CN1C(=O)S/C(=C/c2ccc(-c3cc([N+](=O)[O-])c(Cl)cc3Cl)o2)C1=O. The van der Waals surface area contributed by atoms with Crippen LogP contribution in [0.25, 0.3) is 17.4 Å². The van der Waals surface area contributed by atoms with Gasteiger partial charge in [0.2, 0.25) is 0 Å². The highest BCUT2D eigenvalue weighted by atomic mass is 35.5. The molecular formula is C22H11Cl2N3O5S. The van der Waals surface area contributed by atoms with Crippen LogP contribution < -0.4 is 0 Å². The van der Waals surface area contributed by atoms with Crippen molar-refractivity contribution >= 4 is 57.9 Å². The summed E-state index contributed by atoms with van der Waals surface area (Å²) in [5.41, 5.74) is 0.870. The zero-order valence-electron chi connectivity index (χ0n) is 16.5. The lowest BCUT2D eigenvalue weighted by molar-refractivity contribution is -0.384. The fourth-order valence-electron chi connectivity index (χ4n) is 3.14. The van der Waals surface area contributed by atoms with Crippen molar-refractivity contribution in [1.82, 2.24) is 4.90 Å². The first kappa shape index (κ1) is 22.6. The number of thioether (sulfide) groups is 1. The smallest absolute Gasteiger partial charge is 0.293 e. The molecule has 0 N–H and O–H groups in total. The van der Waals surface area contributed by atoms with Gasteiger partial charge in [0.25, 0.3) is 16.8 Å². The quantitative estimate of drug-likeness (QED) is 0.230. The minimum atomic E-state index is -0.632. The van der Waals surface area contributed by atoms with Gasteiger partial charge in [-0.1, -0.05) is 41.4 Å². The van der Waals surface area contributed by atoms with E-state index in [0.717, 1.165) is 16.7 Å². The van der Waals surface area contributed by atoms with E-state index in [9.17, 15) is 25.0 Å². The van der Waals surface area contributed by atoms with E-state index in [1.54, 1.807) is 30.3 Å². The number of halogens is 2. The van der Waals surface area contributed by atoms with Gasteiger partial charge in [-0.05, 0) is 41.6 Å². The van der Waals surface area contributed by atoms with E-state index in [4.69, 9.17) is 27.6 Å². The van der Waals surface area contributed by atoms with Gasteiger partial charge < -0.3 is 4.42 Å². The van der Waals surface area contributed by atoms with E-state index in [-0.39, 0.29) is 44.3 Å². The third-order valence-electron chi connectivity index (χ3n) is 4.74. The van der Waals surface area contributed by atoms with Crippen molar-refractivity contribution in [2.45, 2.75) is 6.54 Å². The number of nitro benzene ring substituents is 1. The predicted molar refractivity (Wildman–Crippen MR) is 123 cm³/mol. The topological polar surface area (TPSA) is 117 Å². The maximum absolute atomic E-state index is 12.8. The normalized spacial score (nSPS) is 14.7. The zero-order valence-corrected chi connectivity index (χ0v) is 18.8. The van der Waals surface area contributed by atoms with Gasteiger partial charge in [-0.2, -0.15) is 5.26 Å². The van der Waals surface area contributed by atoms with E-state index in [1.165, 1.54) is 24.3 Å². The molecule has 3 aromatic rings. The fourth-order valence-corrected chi connectivity index (χ4v) is 4.51. The second-order valence-electron chi connectivity index (χ2n) is 6.78. The number of carbonyl (C=O) groups excluding carboxylic acids is 2. The van der Waals surface area contributed by atoms with Crippen LogP contribution in [0.2, 0.25) is 10.0 Å². The number of nitro groups is 1. The summed E-state index contributed by atoms with van der Waals surface area (Å²) in [6.45, 7) is -0.0286. The molecule has 1 aliphatic rings. The number of rotatable bonds is 5. The number of hydrogen-bond acceptors (Lipinski definition) is 7. The lowest BCUT2D eigenvalue weighted by Crippen LogP contribution is -2.27. The number of carbonyl (C=O) groups is 2. The van der Waals surface area contributed by atoms with Crippen LogP contribution in [0.1, 0.15) is 16.9 Å². The Morgan fingerprint density at radius 1 is 1.15 bits per heavy atom. The first-order chi connectivity index (χ1) is 15.8. The molecule has 0 radical (unpaired) electrons. The van der Waals surface area contributed by atoms with Crippen molar-refractivity contribution < 1.29 is 18.9 Å². The van der Waals surface area contributed by atoms with E-state index >= 15 is 0 Å². The molecule has 0 saturated carbocycles. The van der Waals surface area contributed by atoms with Crippen molar-refractivity contribution in [2.75, 3.05) is 0 Å². The van der Waals surface area contributed by atoms with Crippen LogP contribution >= 0.6 is 35.0 Å². The molecular weight excluding hydrogens is 489 g/mol. The number of benzene rings is 2. The van der Waals surface area contributed by atoms with E-state index < -0.39 is 16.1 Å². The summed E-state index contributed by atoms with van der Waals surface area (Å²) >= 11 is 12.8. The van der Waals surface area contributed by atoms with E-state index in [1.807, 2.05) is 6.07 Å². The largest absolute Gasteiger partial charge is 0.457 e. The van der Waals surface area contributed by atoms with Gasteiger partial charge in [0, 0.05) is 17.7 Å². The highest BCUT2D eigenvalue weighted by Crippen LogP contribution is 2.38. The van der Waals surface area contributed by atoms with Gasteiger partial charge in [0.15, 0.2) is 0 Å². The Hall–Kier alpha value is -3.58. The zero-order chi connectivity index (χ0) is 23.7. The Morgan fingerprint density at radius 3 is 2.64 bits per heavy atom. The molecule has 0 unspecified atom stereocenters. The first-order valence-corrected chi connectivity index (χ1v) is 10.8. The highest BCUT2D eigenvalue weighted by Gasteiger charge is 2.35. The Labute approximate surface area is 201 Å². The van der Waals surface area contributed by atoms with Crippen molar-refractivity contribution in [3.05, 3.63) is 90.5 Å².